The molecule has 0 aliphatic heterocycles. The van der Waals surface area contributed by atoms with Crippen LogP contribution >= 0.6 is 0 Å². The zero-order valence-corrected chi connectivity index (χ0v) is 14.2. The fourth-order valence-corrected chi connectivity index (χ4v) is 2.49. The van der Waals surface area contributed by atoms with Gasteiger partial charge < -0.3 is 10.6 Å². The molecule has 4 nitrogen and oxygen atoms in total. The van der Waals surface area contributed by atoms with Gasteiger partial charge in [0.05, 0.1) is 5.69 Å². The highest BCUT2D eigenvalue weighted by atomic mass is 19.2. The maximum absolute atomic E-state index is 13.8. The van der Waals surface area contributed by atoms with Gasteiger partial charge in [-0.15, -0.1) is 0 Å². The standard InChI is InChI=1S/C19H17F3N4/c1-11-10-16(24-12(2)13-6-4-3-5-7-13)26-19(23-11)25-15-9-8-14(20)17(21)18(15)22/h3-10,12H,1-2H3,(H2,23,24,25,26). The maximum atomic E-state index is 13.8. The van der Waals surface area contributed by atoms with Crippen LogP contribution in [0.3, 0.4) is 0 Å². The first kappa shape index (κ1) is 17.7. The van der Waals surface area contributed by atoms with Crippen molar-refractivity contribution in [2.45, 2.75) is 19.9 Å². The van der Waals surface area contributed by atoms with Crippen LogP contribution < -0.4 is 10.6 Å². The number of nitrogens with one attached hydrogen (secondary N) is 2. The summed E-state index contributed by atoms with van der Waals surface area (Å²) < 4.78 is 40.2. The monoisotopic (exact) mass is 358 g/mol. The number of anilines is 3. The van der Waals surface area contributed by atoms with E-state index < -0.39 is 17.5 Å². The van der Waals surface area contributed by atoms with E-state index in [0.717, 1.165) is 17.7 Å². The topological polar surface area (TPSA) is 49.8 Å². The van der Waals surface area contributed by atoms with Crippen molar-refractivity contribution in [1.29, 1.82) is 0 Å². The van der Waals surface area contributed by atoms with Gasteiger partial charge in [0.1, 0.15) is 5.82 Å². The number of rotatable bonds is 5. The van der Waals surface area contributed by atoms with Gasteiger partial charge in [-0.25, -0.2) is 18.2 Å². The lowest BCUT2D eigenvalue weighted by molar-refractivity contribution is 0.449. The van der Waals surface area contributed by atoms with Gasteiger partial charge in [-0.3, -0.25) is 0 Å². The molecule has 3 aromatic rings. The van der Waals surface area contributed by atoms with Crippen molar-refractivity contribution in [2.24, 2.45) is 0 Å². The van der Waals surface area contributed by atoms with E-state index in [-0.39, 0.29) is 17.7 Å². The second kappa shape index (κ2) is 7.43. The quantitative estimate of drug-likeness (QED) is 0.622. The fraction of sp³-hybridized carbons (Fsp3) is 0.158. The van der Waals surface area contributed by atoms with E-state index in [1.54, 1.807) is 13.0 Å². The third kappa shape index (κ3) is 3.93. The van der Waals surface area contributed by atoms with Crippen LogP contribution in [0.5, 0.6) is 0 Å². The summed E-state index contributed by atoms with van der Waals surface area (Å²) in [6.07, 6.45) is 0. The third-order valence-corrected chi connectivity index (χ3v) is 3.80. The van der Waals surface area contributed by atoms with E-state index in [9.17, 15) is 13.2 Å². The van der Waals surface area contributed by atoms with Crippen LogP contribution in [0.1, 0.15) is 24.2 Å². The molecule has 1 atom stereocenters. The first-order chi connectivity index (χ1) is 12.4. The van der Waals surface area contributed by atoms with Crippen LogP contribution in [0.15, 0.2) is 48.5 Å². The van der Waals surface area contributed by atoms with E-state index in [4.69, 9.17) is 0 Å². The highest BCUT2D eigenvalue weighted by Gasteiger charge is 2.15. The lowest BCUT2D eigenvalue weighted by atomic mass is 10.1. The fourth-order valence-electron chi connectivity index (χ4n) is 2.49. The number of hydrogen-bond acceptors (Lipinski definition) is 4. The normalized spacial score (nSPS) is 11.9. The van der Waals surface area contributed by atoms with Crippen molar-refractivity contribution >= 4 is 17.5 Å². The molecule has 2 N–H and O–H groups in total. The minimum atomic E-state index is -1.54. The summed E-state index contributed by atoms with van der Waals surface area (Å²) in [6.45, 7) is 3.74. The summed E-state index contributed by atoms with van der Waals surface area (Å²) in [6, 6.07) is 13.5. The van der Waals surface area contributed by atoms with E-state index in [1.807, 2.05) is 37.3 Å². The van der Waals surface area contributed by atoms with Crippen LogP contribution in [0.4, 0.5) is 30.6 Å². The Labute approximate surface area is 149 Å². The van der Waals surface area contributed by atoms with Gasteiger partial charge in [0.2, 0.25) is 5.95 Å². The Morgan fingerprint density at radius 2 is 1.65 bits per heavy atom. The van der Waals surface area contributed by atoms with E-state index >= 15 is 0 Å². The Hall–Kier alpha value is -3.09. The highest BCUT2D eigenvalue weighted by molar-refractivity contribution is 5.56. The first-order valence-electron chi connectivity index (χ1n) is 8.01. The molecule has 26 heavy (non-hydrogen) atoms. The van der Waals surface area contributed by atoms with Crippen LogP contribution in [0.25, 0.3) is 0 Å². The van der Waals surface area contributed by atoms with E-state index in [2.05, 4.69) is 20.6 Å². The van der Waals surface area contributed by atoms with Crippen molar-refractivity contribution in [3.05, 3.63) is 77.2 Å². The van der Waals surface area contributed by atoms with Gasteiger partial charge in [0, 0.05) is 17.8 Å². The molecule has 2 aromatic carbocycles. The Morgan fingerprint density at radius 1 is 0.923 bits per heavy atom. The lowest BCUT2D eigenvalue weighted by Crippen LogP contribution is -2.10. The molecular weight excluding hydrogens is 341 g/mol. The van der Waals surface area contributed by atoms with Gasteiger partial charge in [0.25, 0.3) is 0 Å². The number of aromatic nitrogens is 2. The molecular formula is C19H17F3N4. The Bertz CT molecular complexity index is 916. The minimum Gasteiger partial charge on any atom is -0.363 e. The Balaban J connectivity index is 1.83. The molecule has 0 radical (unpaired) electrons. The van der Waals surface area contributed by atoms with Gasteiger partial charge >= 0.3 is 0 Å². The Kier molecular flexibility index (Phi) is 5.06. The predicted octanol–water partition coefficient (Wildman–Crippen LogP) is 5.12. The zero-order chi connectivity index (χ0) is 18.7. The summed E-state index contributed by atoms with van der Waals surface area (Å²) in [4.78, 5) is 8.43. The molecule has 1 heterocycles. The third-order valence-electron chi connectivity index (χ3n) is 3.80. The molecule has 1 unspecified atom stereocenters. The summed E-state index contributed by atoms with van der Waals surface area (Å²) >= 11 is 0. The number of hydrogen-bond donors (Lipinski definition) is 2. The predicted molar refractivity (Wildman–Crippen MR) is 94.8 cm³/mol. The summed E-state index contributed by atoms with van der Waals surface area (Å²) in [5, 5.41) is 5.83. The molecule has 134 valence electrons. The van der Waals surface area contributed by atoms with E-state index in [0.29, 0.717) is 11.5 Å². The lowest BCUT2D eigenvalue weighted by Gasteiger charge is -2.16. The van der Waals surface area contributed by atoms with Crippen LogP contribution in [0.2, 0.25) is 0 Å². The van der Waals surface area contributed by atoms with E-state index in [1.165, 1.54) is 0 Å². The smallest absolute Gasteiger partial charge is 0.229 e. The number of aryl methyl sites for hydroxylation is 1. The van der Waals surface area contributed by atoms with Crippen molar-refractivity contribution < 1.29 is 13.2 Å². The summed E-state index contributed by atoms with van der Waals surface area (Å²) in [5.74, 6) is -3.50. The largest absolute Gasteiger partial charge is 0.363 e. The number of nitrogens with zero attached hydrogens (tertiary/aromatic N) is 2. The zero-order valence-electron chi connectivity index (χ0n) is 14.2. The average molecular weight is 358 g/mol. The summed E-state index contributed by atoms with van der Waals surface area (Å²) in [7, 11) is 0. The SMILES string of the molecule is Cc1cc(NC(C)c2ccccc2)nc(Nc2ccc(F)c(F)c2F)n1. The highest BCUT2D eigenvalue weighted by Crippen LogP contribution is 2.24. The molecule has 0 fully saturated rings. The van der Waals surface area contributed by atoms with Gasteiger partial charge in [0.15, 0.2) is 17.5 Å². The summed E-state index contributed by atoms with van der Waals surface area (Å²) in [5.41, 5.74) is 1.47. The molecule has 7 heteroatoms. The van der Waals surface area contributed by atoms with Crippen LogP contribution in [-0.2, 0) is 0 Å². The number of halogens is 3. The molecule has 0 amide bonds. The molecule has 0 aliphatic carbocycles. The minimum absolute atomic E-state index is 0.0154. The van der Waals surface area contributed by atoms with Crippen LogP contribution in [0, 0.1) is 24.4 Å². The molecule has 0 saturated carbocycles. The average Bonchev–Trinajstić information content (AvgIpc) is 2.62. The Morgan fingerprint density at radius 3 is 2.38 bits per heavy atom. The van der Waals surface area contributed by atoms with Gasteiger partial charge in [-0.2, -0.15) is 4.98 Å². The van der Waals surface area contributed by atoms with Crippen molar-refractivity contribution in [1.82, 2.24) is 9.97 Å². The van der Waals surface area contributed by atoms with Crippen LogP contribution in [-0.4, -0.2) is 9.97 Å². The second-order valence-corrected chi connectivity index (χ2v) is 5.84. The van der Waals surface area contributed by atoms with Crippen molar-refractivity contribution in [3.63, 3.8) is 0 Å². The molecule has 0 aliphatic rings. The van der Waals surface area contributed by atoms with Gasteiger partial charge in [-0.1, -0.05) is 30.3 Å². The van der Waals surface area contributed by atoms with Crippen molar-refractivity contribution in [2.75, 3.05) is 10.6 Å². The first-order valence-corrected chi connectivity index (χ1v) is 8.01. The number of benzene rings is 2. The molecule has 1 aromatic heterocycles. The van der Waals surface area contributed by atoms with Gasteiger partial charge in [-0.05, 0) is 31.5 Å². The van der Waals surface area contributed by atoms with Crippen molar-refractivity contribution in [3.8, 4) is 0 Å². The molecule has 0 spiro atoms. The molecule has 3 rings (SSSR count). The second-order valence-electron chi connectivity index (χ2n) is 5.84. The maximum Gasteiger partial charge on any atom is 0.229 e. The molecule has 0 saturated heterocycles. The molecule has 0 bridgehead atoms.